The van der Waals surface area contributed by atoms with E-state index in [4.69, 9.17) is 4.74 Å². The van der Waals surface area contributed by atoms with Crippen molar-refractivity contribution in [3.63, 3.8) is 0 Å². The summed E-state index contributed by atoms with van der Waals surface area (Å²) in [6.07, 6.45) is 0. The Kier molecular flexibility index (Phi) is 4.29. The summed E-state index contributed by atoms with van der Waals surface area (Å²) in [5.41, 5.74) is 2.13. The number of hydrogen-bond donors (Lipinski definition) is 1. The molecule has 0 spiro atoms. The highest BCUT2D eigenvalue weighted by Crippen LogP contribution is 2.26. The first kappa shape index (κ1) is 15.9. The van der Waals surface area contributed by atoms with E-state index in [-0.39, 0.29) is 5.56 Å². The van der Waals surface area contributed by atoms with Gasteiger partial charge >= 0.3 is 0 Å². The van der Waals surface area contributed by atoms with Crippen molar-refractivity contribution >= 4 is 28.6 Å². The number of nitrogens with one attached hydrogen (secondary N) is 1. The van der Waals surface area contributed by atoms with Crippen LogP contribution in [-0.4, -0.2) is 26.9 Å². The van der Waals surface area contributed by atoms with Gasteiger partial charge in [0.05, 0.1) is 12.0 Å². The van der Waals surface area contributed by atoms with E-state index in [9.17, 15) is 4.79 Å². The van der Waals surface area contributed by atoms with Crippen LogP contribution in [0.15, 0.2) is 57.8 Å². The van der Waals surface area contributed by atoms with Crippen LogP contribution in [0, 0.1) is 0 Å². The van der Waals surface area contributed by atoms with Crippen molar-refractivity contribution in [2.24, 2.45) is 0 Å². The number of hydrogen-bond acceptors (Lipinski definition) is 6. The van der Waals surface area contributed by atoms with Crippen molar-refractivity contribution < 1.29 is 4.74 Å². The van der Waals surface area contributed by atoms with E-state index in [2.05, 4.69) is 15.3 Å². The third-order valence-electron chi connectivity index (χ3n) is 3.65. The number of aromatic nitrogens is 4. The largest absolute Gasteiger partial charge is 0.497 e. The van der Waals surface area contributed by atoms with Crippen LogP contribution >= 0.6 is 23.1 Å². The number of thiophene rings is 1. The molecule has 0 bridgehead atoms. The lowest BCUT2D eigenvalue weighted by molar-refractivity contribution is 0.414. The molecule has 0 fully saturated rings. The highest BCUT2D eigenvalue weighted by molar-refractivity contribution is 7.98. The molecule has 0 aliphatic rings. The minimum atomic E-state index is -0.249. The van der Waals surface area contributed by atoms with Gasteiger partial charge in [-0.2, -0.15) is 5.10 Å². The van der Waals surface area contributed by atoms with E-state index < -0.39 is 0 Å². The number of thioether (sulfide) groups is 1. The van der Waals surface area contributed by atoms with Crippen molar-refractivity contribution in [3.05, 3.63) is 63.8 Å². The van der Waals surface area contributed by atoms with Gasteiger partial charge in [0, 0.05) is 5.75 Å². The molecule has 0 unspecified atom stereocenters. The normalized spacial score (nSPS) is 11.1. The monoisotopic (exact) mass is 370 g/mol. The van der Waals surface area contributed by atoms with Crippen LogP contribution in [0.2, 0.25) is 0 Å². The molecular weight excluding hydrogens is 356 g/mol. The second kappa shape index (κ2) is 6.73. The minimum Gasteiger partial charge on any atom is -0.497 e. The van der Waals surface area contributed by atoms with Gasteiger partial charge < -0.3 is 4.74 Å². The van der Waals surface area contributed by atoms with Gasteiger partial charge in [0.1, 0.15) is 17.0 Å². The summed E-state index contributed by atoms with van der Waals surface area (Å²) >= 11 is 3.10. The molecule has 0 aliphatic heterocycles. The fourth-order valence-electron chi connectivity index (χ4n) is 2.44. The summed E-state index contributed by atoms with van der Waals surface area (Å²) in [6, 6.07) is 13.6. The summed E-state index contributed by atoms with van der Waals surface area (Å²) in [5, 5.41) is 13.9. The Morgan fingerprint density at radius 2 is 2.20 bits per heavy atom. The summed E-state index contributed by atoms with van der Waals surface area (Å²) in [7, 11) is 1.65. The molecule has 3 heterocycles. The summed E-state index contributed by atoms with van der Waals surface area (Å²) in [6.45, 7) is 0. The SMILES string of the molecule is COc1cccc(CSc2n[nH]c(=O)c3cc(-c4cccs4)nn23)c1. The lowest BCUT2D eigenvalue weighted by Crippen LogP contribution is -2.13. The van der Waals surface area contributed by atoms with Crippen molar-refractivity contribution in [1.82, 2.24) is 19.8 Å². The molecule has 4 aromatic rings. The third kappa shape index (κ3) is 3.18. The van der Waals surface area contributed by atoms with Crippen molar-refractivity contribution in [2.45, 2.75) is 10.9 Å². The Hall–Kier alpha value is -2.58. The number of fused-ring (bicyclic) bond motifs is 1. The molecule has 1 aromatic carbocycles. The Morgan fingerprint density at radius 3 is 3.00 bits per heavy atom. The first-order valence-corrected chi connectivity index (χ1v) is 9.39. The fraction of sp³-hybridized carbons (Fsp3) is 0.118. The number of H-pyrrole nitrogens is 1. The van der Waals surface area contributed by atoms with Crippen LogP contribution in [0.5, 0.6) is 5.75 Å². The highest BCUT2D eigenvalue weighted by Gasteiger charge is 2.13. The van der Waals surface area contributed by atoms with E-state index in [1.807, 2.05) is 41.8 Å². The summed E-state index contributed by atoms with van der Waals surface area (Å²) < 4.78 is 6.86. The third-order valence-corrected chi connectivity index (χ3v) is 5.54. The smallest absolute Gasteiger partial charge is 0.290 e. The zero-order valence-electron chi connectivity index (χ0n) is 13.3. The van der Waals surface area contributed by atoms with E-state index in [1.165, 1.54) is 11.8 Å². The van der Waals surface area contributed by atoms with Gasteiger partial charge in [-0.25, -0.2) is 9.61 Å². The van der Waals surface area contributed by atoms with E-state index in [0.29, 0.717) is 16.4 Å². The number of methoxy groups -OCH3 is 1. The number of nitrogens with zero attached hydrogens (tertiary/aromatic N) is 3. The maximum Gasteiger partial charge on any atom is 0.290 e. The van der Waals surface area contributed by atoms with Crippen LogP contribution in [0.4, 0.5) is 0 Å². The van der Waals surface area contributed by atoms with Crippen LogP contribution < -0.4 is 10.3 Å². The predicted octanol–water partition coefficient (Wildman–Crippen LogP) is 3.45. The van der Waals surface area contributed by atoms with Gasteiger partial charge in [-0.15, -0.1) is 16.4 Å². The molecule has 25 heavy (non-hydrogen) atoms. The zero-order chi connectivity index (χ0) is 17.2. The van der Waals surface area contributed by atoms with Gasteiger partial charge in [0.25, 0.3) is 5.56 Å². The molecule has 0 aliphatic carbocycles. The maximum absolute atomic E-state index is 12.1. The second-order valence-corrected chi connectivity index (χ2v) is 7.17. The van der Waals surface area contributed by atoms with E-state index >= 15 is 0 Å². The molecule has 126 valence electrons. The van der Waals surface area contributed by atoms with Gasteiger partial charge in [-0.1, -0.05) is 30.0 Å². The molecular formula is C17H14N4O2S2. The van der Waals surface area contributed by atoms with Crippen LogP contribution in [-0.2, 0) is 5.75 Å². The Balaban J connectivity index is 1.67. The first-order chi connectivity index (χ1) is 12.2. The quantitative estimate of drug-likeness (QED) is 0.545. The molecule has 1 N–H and O–H groups in total. The molecule has 0 atom stereocenters. The molecule has 0 saturated carbocycles. The molecule has 3 aromatic heterocycles. The number of ether oxygens (including phenoxy) is 1. The van der Waals surface area contributed by atoms with Crippen molar-refractivity contribution in [1.29, 1.82) is 0 Å². The number of benzene rings is 1. The topological polar surface area (TPSA) is 72.3 Å². The van der Waals surface area contributed by atoms with Gasteiger partial charge in [0.2, 0.25) is 5.16 Å². The standard InChI is InChI=1S/C17H14N4O2S2/c1-23-12-5-2-4-11(8-12)10-25-17-19-18-16(22)14-9-13(20-21(14)17)15-6-3-7-24-15/h2-9H,10H2,1H3,(H,18,22). The Bertz CT molecular complexity index is 1070. The highest BCUT2D eigenvalue weighted by atomic mass is 32.2. The Morgan fingerprint density at radius 1 is 1.28 bits per heavy atom. The molecule has 0 saturated heterocycles. The molecule has 6 nitrogen and oxygen atoms in total. The lowest BCUT2D eigenvalue weighted by atomic mass is 10.2. The van der Waals surface area contributed by atoms with Crippen molar-refractivity contribution in [2.75, 3.05) is 7.11 Å². The zero-order valence-corrected chi connectivity index (χ0v) is 14.9. The maximum atomic E-state index is 12.1. The van der Waals surface area contributed by atoms with Gasteiger partial charge in [-0.3, -0.25) is 4.79 Å². The predicted molar refractivity (Wildman–Crippen MR) is 99.5 cm³/mol. The van der Waals surface area contributed by atoms with E-state index in [1.54, 1.807) is 29.0 Å². The fourth-order valence-corrected chi connectivity index (χ4v) is 3.97. The van der Waals surface area contributed by atoms with E-state index in [0.717, 1.165) is 21.9 Å². The van der Waals surface area contributed by atoms with Crippen LogP contribution in [0.3, 0.4) is 0 Å². The van der Waals surface area contributed by atoms with Crippen molar-refractivity contribution in [3.8, 4) is 16.3 Å². The second-order valence-electron chi connectivity index (χ2n) is 5.28. The number of rotatable bonds is 5. The molecule has 8 heteroatoms. The van der Waals surface area contributed by atoms with Crippen LogP contribution in [0.1, 0.15) is 5.56 Å². The summed E-state index contributed by atoms with van der Waals surface area (Å²) in [4.78, 5) is 13.1. The van der Waals surface area contributed by atoms with Crippen LogP contribution in [0.25, 0.3) is 16.1 Å². The molecule has 4 rings (SSSR count). The number of aromatic amines is 1. The average molecular weight is 370 g/mol. The Labute approximate surface area is 151 Å². The first-order valence-electron chi connectivity index (χ1n) is 7.52. The van der Waals surface area contributed by atoms with Gasteiger partial charge in [0.15, 0.2) is 0 Å². The van der Waals surface area contributed by atoms with Gasteiger partial charge in [-0.05, 0) is 35.2 Å². The average Bonchev–Trinajstić information content (AvgIpc) is 3.31. The molecule has 0 radical (unpaired) electrons. The lowest BCUT2D eigenvalue weighted by Gasteiger charge is -2.05. The minimum absolute atomic E-state index is 0.249. The summed E-state index contributed by atoms with van der Waals surface area (Å²) in [5.74, 6) is 1.51. The molecule has 0 amide bonds.